The minimum atomic E-state index is -0.393. The second kappa shape index (κ2) is 6.44. The molecule has 0 bridgehead atoms. The fourth-order valence-corrected chi connectivity index (χ4v) is 1.51. The molecule has 0 saturated heterocycles. The summed E-state index contributed by atoms with van der Waals surface area (Å²) in [5.74, 6) is 0. The van der Waals surface area contributed by atoms with E-state index >= 15 is 0 Å². The fourth-order valence-electron chi connectivity index (χ4n) is 0.969. The van der Waals surface area contributed by atoms with Gasteiger partial charge in [-0.15, -0.1) is 11.8 Å². The van der Waals surface area contributed by atoms with Crippen LogP contribution in [-0.4, -0.2) is 27.8 Å². The Kier molecular flexibility index (Phi) is 5.21. The molecule has 0 aliphatic rings. The molecule has 5 nitrogen and oxygen atoms in total. The molecule has 0 aliphatic carbocycles. The molecule has 0 radical (unpaired) electrons. The minimum Gasteiger partial charge on any atom is -0.271 e. The van der Waals surface area contributed by atoms with E-state index in [2.05, 4.69) is 9.98 Å². The number of nitrogens with zero attached hydrogens (tertiary/aromatic N) is 3. The van der Waals surface area contributed by atoms with Crippen LogP contribution in [0.5, 0.6) is 0 Å². The predicted molar refractivity (Wildman–Crippen MR) is 65.8 cm³/mol. The summed E-state index contributed by atoms with van der Waals surface area (Å²) in [6, 6.07) is 3.46. The molecule has 0 amide bonds. The summed E-state index contributed by atoms with van der Waals surface area (Å²) in [6.45, 7) is 0.149. The zero-order chi connectivity index (χ0) is 12.0. The maximum absolute atomic E-state index is 10.3. The Morgan fingerprint density at radius 1 is 1.69 bits per heavy atom. The summed E-state index contributed by atoms with van der Waals surface area (Å²) in [5.41, 5.74) is 0.874. The molecule has 0 fully saturated rings. The highest BCUT2D eigenvalue weighted by atomic mass is 35.5. The molecule has 86 valence electrons. The zero-order valence-corrected chi connectivity index (χ0v) is 10.2. The average molecular weight is 260 g/mol. The molecule has 0 spiro atoms. The summed E-state index contributed by atoms with van der Waals surface area (Å²) >= 11 is 6.91. The fraction of sp³-hybridized carbons (Fsp3) is 0.333. The monoisotopic (exact) mass is 259 g/mol. The Hall–Kier alpha value is -1.14. The minimum absolute atomic E-state index is 0.234. The predicted octanol–water partition coefficient (Wildman–Crippen LogP) is 2.27. The first-order valence-corrected chi connectivity index (χ1v) is 6.01. The maximum Gasteiger partial charge on any atom is 0.251 e. The number of hydrogen-bond acceptors (Lipinski definition) is 5. The second-order valence-electron chi connectivity index (χ2n) is 2.89. The molecule has 1 aromatic rings. The van der Waals surface area contributed by atoms with E-state index < -0.39 is 4.92 Å². The van der Waals surface area contributed by atoms with E-state index in [0.717, 1.165) is 5.56 Å². The van der Waals surface area contributed by atoms with Crippen LogP contribution in [0.3, 0.4) is 0 Å². The van der Waals surface area contributed by atoms with Crippen LogP contribution in [0.15, 0.2) is 23.3 Å². The Morgan fingerprint density at radius 2 is 2.44 bits per heavy atom. The van der Waals surface area contributed by atoms with Crippen molar-refractivity contribution in [3.63, 3.8) is 0 Å². The van der Waals surface area contributed by atoms with Crippen LogP contribution in [0.1, 0.15) is 5.56 Å². The third kappa shape index (κ3) is 4.59. The first-order valence-electron chi connectivity index (χ1n) is 4.41. The lowest BCUT2D eigenvalue weighted by Gasteiger charge is -1.99. The Bertz CT molecular complexity index is 394. The first kappa shape index (κ1) is 12.9. The van der Waals surface area contributed by atoms with E-state index in [9.17, 15) is 10.1 Å². The van der Waals surface area contributed by atoms with Crippen molar-refractivity contribution in [2.75, 3.05) is 12.8 Å². The lowest BCUT2D eigenvalue weighted by molar-refractivity contribution is -0.462. The molecular weight excluding hydrogens is 250 g/mol. The lowest BCUT2D eigenvalue weighted by Crippen LogP contribution is -2.10. The van der Waals surface area contributed by atoms with Gasteiger partial charge in [-0.05, 0) is 17.9 Å². The van der Waals surface area contributed by atoms with Crippen molar-refractivity contribution in [2.45, 2.75) is 6.54 Å². The Morgan fingerprint density at radius 3 is 2.94 bits per heavy atom. The Balaban J connectivity index is 2.62. The van der Waals surface area contributed by atoms with Gasteiger partial charge in [0.05, 0.1) is 6.54 Å². The summed E-state index contributed by atoms with van der Waals surface area (Å²) in [6.07, 6.45) is 3.37. The summed E-state index contributed by atoms with van der Waals surface area (Å²) < 4.78 is 0. The molecule has 0 N–H and O–H groups in total. The first-order chi connectivity index (χ1) is 7.61. The number of thioether (sulfide) groups is 1. The molecule has 1 rings (SSSR count). The van der Waals surface area contributed by atoms with Crippen molar-refractivity contribution in [3.05, 3.63) is 39.2 Å². The largest absolute Gasteiger partial charge is 0.271 e. The number of halogens is 1. The highest BCUT2D eigenvalue weighted by Gasteiger charge is 2.05. The molecule has 1 heterocycles. The number of aliphatic imine (C=N–C) groups is 1. The van der Waals surface area contributed by atoms with E-state index in [1.807, 2.05) is 0 Å². The van der Waals surface area contributed by atoms with E-state index in [4.69, 9.17) is 11.6 Å². The van der Waals surface area contributed by atoms with Crippen LogP contribution in [0.4, 0.5) is 0 Å². The average Bonchev–Trinajstić information content (AvgIpc) is 2.26. The van der Waals surface area contributed by atoms with Crippen molar-refractivity contribution in [2.24, 2.45) is 4.99 Å². The van der Waals surface area contributed by atoms with Crippen LogP contribution in [0.25, 0.3) is 0 Å². The highest BCUT2D eigenvalue weighted by Crippen LogP contribution is 2.08. The van der Waals surface area contributed by atoms with Gasteiger partial charge in [0.1, 0.15) is 10.2 Å². The van der Waals surface area contributed by atoms with Gasteiger partial charge in [-0.2, -0.15) is 0 Å². The van der Waals surface area contributed by atoms with Crippen molar-refractivity contribution in [1.29, 1.82) is 0 Å². The van der Waals surface area contributed by atoms with Gasteiger partial charge in [0.2, 0.25) is 0 Å². The smallest absolute Gasteiger partial charge is 0.251 e. The molecule has 0 unspecified atom stereocenters. The second-order valence-corrected chi connectivity index (χ2v) is 4.16. The molecular formula is C9H10ClN3O2S. The van der Waals surface area contributed by atoms with Gasteiger partial charge in [-0.1, -0.05) is 17.7 Å². The van der Waals surface area contributed by atoms with Crippen molar-refractivity contribution < 1.29 is 4.92 Å². The van der Waals surface area contributed by atoms with Crippen LogP contribution in [-0.2, 0) is 6.54 Å². The third-order valence-corrected chi connectivity index (χ3v) is 2.68. The molecule has 0 atom stereocenters. The SMILES string of the molecule is CSC(C[N+](=O)[O-])=NCc1ccc(Cl)nc1. The van der Waals surface area contributed by atoms with Gasteiger partial charge in [-0.3, -0.25) is 15.1 Å². The van der Waals surface area contributed by atoms with Gasteiger partial charge < -0.3 is 0 Å². The van der Waals surface area contributed by atoms with Crippen LogP contribution in [0, 0.1) is 10.1 Å². The number of nitro groups is 1. The standard InChI is InChI=1S/C9H10ClN3O2S/c1-16-9(6-13(14)15)12-5-7-2-3-8(10)11-4-7/h2-4H,5-6H2,1H3. The van der Waals surface area contributed by atoms with Gasteiger partial charge >= 0.3 is 0 Å². The quantitative estimate of drug-likeness (QED) is 0.273. The van der Waals surface area contributed by atoms with Crippen LogP contribution in [0.2, 0.25) is 5.15 Å². The zero-order valence-electron chi connectivity index (χ0n) is 8.59. The lowest BCUT2D eigenvalue weighted by atomic mass is 10.3. The summed E-state index contributed by atoms with van der Waals surface area (Å²) in [4.78, 5) is 17.9. The molecule has 7 heteroatoms. The van der Waals surface area contributed by atoms with E-state index in [1.54, 1.807) is 24.6 Å². The molecule has 0 aromatic carbocycles. The van der Waals surface area contributed by atoms with Gasteiger partial charge in [0.25, 0.3) is 6.54 Å². The van der Waals surface area contributed by atoms with Crippen molar-refractivity contribution >= 4 is 28.4 Å². The maximum atomic E-state index is 10.3. The topological polar surface area (TPSA) is 68.4 Å². The molecule has 16 heavy (non-hydrogen) atoms. The highest BCUT2D eigenvalue weighted by molar-refractivity contribution is 8.13. The van der Waals surface area contributed by atoms with Crippen LogP contribution >= 0.6 is 23.4 Å². The number of aromatic nitrogens is 1. The van der Waals surface area contributed by atoms with E-state index in [0.29, 0.717) is 16.7 Å². The van der Waals surface area contributed by atoms with Gasteiger partial charge in [0.15, 0.2) is 0 Å². The summed E-state index contributed by atoms with van der Waals surface area (Å²) in [5, 5.41) is 11.2. The van der Waals surface area contributed by atoms with Crippen molar-refractivity contribution in [3.8, 4) is 0 Å². The number of hydrogen-bond donors (Lipinski definition) is 0. The van der Waals surface area contributed by atoms with Crippen molar-refractivity contribution in [1.82, 2.24) is 4.98 Å². The Labute approximate surface area is 102 Å². The normalized spacial score (nSPS) is 11.5. The number of rotatable bonds is 4. The molecule has 0 aliphatic heterocycles. The molecule has 1 aromatic heterocycles. The third-order valence-electron chi connectivity index (χ3n) is 1.73. The van der Waals surface area contributed by atoms with E-state index in [-0.39, 0.29) is 6.54 Å². The van der Waals surface area contributed by atoms with Crippen LogP contribution < -0.4 is 0 Å². The molecule has 0 saturated carbocycles. The van der Waals surface area contributed by atoms with Gasteiger partial charge in [0, 0.05) is 11.1 Å². The van der Waals surface area contributed by atoms with Gasteiger partial charge in [-0.25, -0.2) is 4.98 Å². The number of pyridine rings is 1. The van der Waals surface area contributed by atoms with E-state index in [1.165, 1.54) is 11.8 Å². The summed E-state index contributed by atoms with van der Waals surface area (Å²) in [7, 11) is 0.